The van der Waals surface area contributed by atoms with Crippen LogP contribution in [0.1, 0.15) is 17.5 Å². The summed E-state index contributed by atoms with van der Waals surface area (Å²) in [5.74, 6) is -0.0845. The van der Waals surface area contributed by atoms with Gasteiger partial charge in [-0.15, -0.1) is 0 Å². The Bertz CT molecular complexity index is 978. The van der Waals surface area contributed by atoms with Gasteiger partial charge in [-0.2, -0.15) is 0 Å². The lowest BCUT2D eigenvalue weighted by molar-refractivity contribution is -0.119. The number of halogens is 2. The average molecular weight is 401 g/mol. The summed E-state index contributed by atoms with van der Waals surface area (Å²) in [6, 6.07) is 10.9. The molecule has 0 spiro atoms. The van der Waals surface area contributed by atoms with Crippen molar-refractivity contribution >= 4 is 35.1 Å². The Morgan fingerprint density at radius 3 is 2.93 bits per heavy atom. The Balaban J connectivity index is 1.55. The molecule has 0 saturated carbocycles. The summed E-state index contributed by atoms with van der Waals surface area (Å²) >= 11 is 6.13. The summed E-state index contributed by atoms with van der Waals surface area (Å²) < 4.78 is 13.3. The maximum atomic E-state index is 13.3. The molecule has 6 nitrogen and oxygen atoms in total. The molecule has 144 valence electrons. The highest BCUT2D eigenvalue weighted by Crippen LogP contribution is 2.32. The van der Waals surface area contributed by atoms with E-state index in [1.54, 1.807) is 29.2 Å². The van der Waals surface area contributed by atoms with Crippen LogP contribution in [-0.2, 0) is 11.3 Å². The zero-order valence-corrected chi connectivity index (χ0v) is 15.7. The van der Waals surface area contributed by atoms with Gasteiger partial charge in [-0.1, -0.05) is 23.7 Å². The SMILES string of the molecule is O=C(CN1C(=O)N2CCCN=C2c2ccc(Cl)cc21)NCc1cccc(F)c1. The molecule has 2 heterocycles. The number of hydrogen-bond acceptors (Lipinski definition) is 3. The summed E-state index contributed by atoms with van der Waals surface area (Å²) in [7, 11) is 0. The second kappa shape index (κ2) is 7.59. The van der Waals surface area contributed by atoms with Crippen molar-refractivity contribution in [1.29, 1.82) is 0 Å². The normalized spacial score (nSPS) is 15.6. The van der Waals surface area contributed by atoms with Crippen molar-refractivity contribution in [3.05, 3.63) is 64.4 Å². The number of carbonyl (C=O) groups excluding carboxylic acids is 2. The number of fused-ring (bicyclic) bond motifs is 3. The molecule has 2 aliphatic rings. The Labute approximate surface area is 166 Å². The molecule has 8 heteroatoms. The van der Waals surface area contributed by atoms with Gasteiger partial charge in [0, 0.05) is 30.2 Å². The van der Waals surface area contributed by atoms with Gasteiger partial charge in [-0.3, -0.25) is 19.6 Å². The Morgan fingerprint density at radius 2 is 2.11 bits per heavy atom. The molecule has 0 unspecified atom stereocenters. The van der Waals surface area contributed by atoms with Gasteiger partial charge >= 0.3 is 6.03 Å². The molecule has 0 radical (unpaired) electrons. The van der Waals surface area contributed by atoms with Crippen LogP contribution in [0.3, 0.4) is 0 Å². The number of anilines is 1. The molecule has 0 saturated heterocycles. The van der Waals surface area contributed by atoms with Gasteiger partial charge in [-0.25, -0.2) is 9.18 Å². The predicted octanol–water partition coefficient (Wildman–Crippen LogP) is 3.19. The molecule has 3 amide bonds. The minimum Gasteiger partial charge on any atom is -0.350 e. The molecule has 0 aromatic heterocycles. The van der Waals surface area contributed by atoms with Gasteiger partial charge in [-0.05, 0) is 42.3 Å². The lowest BCUT2D eigenvalue weighted by Gasteiger charge is -2.39. The third-order valence-electron chi connectivity index (χ3n) is 4.69. The van der Waals surface area contributed by atoms with Gasteiger partial charge in [0.2, 0.25) is 5.91 Å². The van der Waals surface area contributed by atoms with Crippen LogP contribution < -0.4 is 10.2 Å². The number of rotatable bonds is 4. The first-order chi connectivity index (χ1) is 13.5. The molecular weight excluding hydrogens is 383 g/mol. The number of nitrogens with zero attached hydrogens (tertiary/aromatic N) is 3. The van der Waals surface area contributed by atoms with Crippen LogP contribution in [-0.4, -0.2) is 42.3 Å². The molecule has 0 atom stereocenters. The van der Waals surface area contributed by atoms with E-state index >= 15 is 0 Å². The van der Waals surface area contributed by atoms with Crippen molar-refractivity contribution in [2.75, 3.05) is 24.5 Å². The zero-order chi connectivity index (χ0) is 19.7. The van der Waals surface area contributed by atoms with Crippen LogP contribution in [0.15, 0.2) is 47.5 Å². The maximum absolute atomic E-state index is 13.3. The highest BCUT2D eigenvalue weighted by Gasteiger charge is 2.37. The van der Waals surface area contributed by atoms with Crippen LogP contribution in [0.4, 0.5) is 14.9 Å². The predicted molar refractivity (Wildman–Crippen MR) is 105 cm³/mol. The van der Waals surface area contributed by atoms with E-state index in [9.17, 15) is 14.0 Å². The highest BCUT2D eigenvalue weighted by molar-refractivity contribution is 6.31. The molecule has 28 heavy (non-hydrogen) atoms. The van der Waals surface area contributed by atoms with E-state index in [0.29, 0.717) is 35.2 Å². The molecular formula is C20H18ClFN4O2. The largest absolute Gasteiger partial charge is 0.350 e. The van der Waals surface area contributed by atoms with Gasteiger partial charge < -0.3 is 5.32 Å². The Morgan fingerprint density at radius 1 is 1.25 bits per heavy atom. The second-order valence-corrected chi connectivity index (χ2v) is 7.08. The third kappa shape index (κ3) is 3.57. The molecule has 0 fully saturated rings. The van der Waals surface area contributed by atoms with Crippen molar-refractivity contribution in [2.24, 2.45) is 4.99 Å². The molecule has 0 bridgehead atoms. The number of urea groups is 1. The minimum absolute atomic E-state index is 0.161. The fraction of sp³-hybridized carbons (Fsp3) is 0.250. The first-order valence-corrected chi connectivity index (χ1v) is 9.35. The fourth-order valence-electron chi connectivity index (χ4n) is 3.39. The quantitative estimate of drug-likeness (QED) is 0.856. The summed E-state index contributed by atoms with van der Waals surface area (Å²) in [5, 5.41) is 3.20. The number of nitrogens with one attached hydrogen (secondary N) is 1. The lowest BCUT2D eigenvalue weighted by Crippen LogP contribution is -2.55. The van der Waals surface area contributed by atoms with Crippen molar-refractivity contribution in [2.45, 2.75) is 13.0 Å². The first-order valence-electron chi connectivity index (χ1n) is 8.97. The van der Waals surface area contributed by atoms with Gasteiger partial charge in [0.25, 0.3) is 0 Å². The summed E-state index contributed by atoms with van der Waals surface area (Å²) in [5.41, 5.74) is 1.99. The number of amides is 3. The minimum atomic E-state index is -0.363. The van der Waals surface area contributed by atoms with Crippen LogP contribution in [0.25, 0.3) is 0 Å². The van der Waals surface area contributed by atoms with E-state index in [4.69, 9.17) is 11.6 Å². The molecule has 1 N–H and O–H groups in total. The number of hydrogen-bond donors (Lipinski definition) is 1. The van der Waals surface area contributed by atoms with Gasteiger partial charge in [0.1, 0.15) is 18.2 Å². The van der Waals surface area contributed by atoms with Crippen molar-refractivity contribution < 1.29 is 14.0 Å². The number of amidine groups is 1. The standard InChI is InChI=1S/C20H18ClFN4O2/c21-14-5-6-16-17(10-14)26(20(28)25-8-2-7-23-19(16)25)12-18(27)24-11-13-3-1-4-15(22)9-13/h1,3-6,9-10H,2,7-8,11-12H2,(H,24,27). The fourth-order valence-corrected chi connectivity index (χ4v) is 3.55. The number of benzene rings is 2. The summed E-state index contributed by atoms with van der Waals surface area (Å²) in [6.45, 7) is 1.24. The van der Waals surface area contributed by atoms with Crippen LogP contribution >= 0.6 is 11.6 Å². The van der Waals surface area contributed by atoms with E-state index in [2.05, 4.69) is 10.3 Å². The highest BCUT2D eigenvalue weighted by atomic mass is 35.5. The first kappa shape index (κ1) is 18.4. The van der Waals surface area contributed by atoms with Crippen molar-refractivity contribution in [3.8, 4) is 0 Å². The van der Waals surface area contributed by atoms with Crippen molar-refractivity contribution in [1.82, 2.24) is 10.2 Å². The van der Waals surface area contributed by atoms with Crippen LogP contribution in [0.5, 0.6) is 0 Å². The van der Waals surface area contributed by atoms with E-state index < -0.39 is 0 Å². The van der Waals surface area contributed by atoms with E-state index in [1.807, 2.05) is 6.07 Å². The third-order valence-corrected chi connectivity index (χ3v) is 4.93. The van der Waals surface area contributed by atoms with E-state index in [1.165, 1.54) is 17.0 Å². The molecule has 0 aliphatic carbocycles. The van der Waals surface area contributed by atoms with Crippen LogP contribution in [0.2, 0.25) is 5.02 Å². The summed E-state index contributed by atoms with van der Waals surface area (Å²) in [4.78, 5) is 33.0. The van der Waals surface area contributed by atoms with E-state index in [-0.39, 0.29) is 30.8 Å². The zero-order valence-electron chi connectivity index (χ0n) is 15.0. The lowest BCUT2D eigenvalue weighted by atomic mass is 10.1. The number of aliphatic imine (C=N–C) groups is 1. The van der Waals surface area contributed by atoms with Crippen LogP contribution in [0, 0.1) is 5.82 Å². The molecule has 2 aromatic rings. The smallest absolute Gasteiger partial charge is 0.330 e. The molecule has 2 aromatic carbocycles. The van der Waals surface area contributed by atoms with Gasteiger partial charge in [0.15, 0.2) is 0 Å². The van der Waals surface area contributed by atoms with Crippen molar-refractivity contribution in [3.63, 3.8) is 0 Å². The van der Waals surface area contributed by atoms with E-state index in [0.717, 1.165) is 12.0 Å². The topological polar surface area (TPSA) is 65.0 Å². The molecule has 2 aliphatic heterocycles. The molecule has 4 rings (SSSR count). The Kier molecular flexibility index (Phi) is 5.00. The monoisotopic (exact) mass is 400 g/mol. The second-order valence-electron chi connectivity index (χ2n) is 6.65. The average Bonchev–Trinajstić information content (AvgIpc) is 2.69. The summed E-state index contributed by atoms with van der Waals surface area (Å²) in [6.07, 6.45) is 0.776. The maximum Gasteiger partial charge on any atom is 0.330 e. The number of carbonyl (C=O) groups is 2. The van der Waals surface area contributed by atoms with Gasteiger partial charge in [0.05, 0.1) is 5.69 Å². The Hall–Kier alpha value is -2.93.